The number of nitrogens with one attached hydrogen (secondary N) is 1. The van der Waals surface area contributed by atoms with Gasteiger partial charge in [0, 0.05) is 43.7 Å². The summed E-state index contributed by atoms with van der Waals surface area (Å²) in [5.74, 6) is 0. The van der Waals surface area contributed by atoms with E-state index in [2.05, 4.69) is 115 Å². The Morgan fingerprint density at radius 2 is 1.33 bits per heavy atom. The number of anilines is 2. The second-order valence-electron chi connectivity index (χ2n) is 7.48. The highest BCUT2D eigenvalue weighted by Gasteiger charge is 2.14. The number of rotatable bonds is 7. The predicted octanol–water partition coefficient (Wildman–Crippen LogP) is 5.61. The number of hydrogen-bond acceptors (Lipinski definition) is 2. The van der Waals surface area contributed by atoms with Crippen molar-refractivity contribution in [2.24, 2.45) is 0 Å². The Balaban J connectivity index is 2.08. The van der Waals surface area contributed by atoms with Gasteiger partial charge in [-0.05, 0) is 79.5 Å². The molecule has 1 aliphatic rings. The molecule has 0 aromatic heterocycles. The number of allylic oxidation sites excluding steroid dienone is 5. The zero-order valence-corrected chi connectivity index (χ0v) is 18.9. The Morgan fingerprint density at radius 3 is 1.80 bits per heavy atom. The fraction of sp³-hybridized carbons (Fsp3) is 0.296. The van der Waals surface area contributed by atoms with Crippen LogP contribution in [0.5, 0.6) is 0 Å². The zero-order chi connectivity index (χ0) is 21.5. The van der Waals surface area contributed by atoms with Crippen LogP contribution in [0, 0.1) is 0 Å². The molecule has 0 unspecified atom stereocenters. The molecule has 3 rings (SSSR count). The van der Waals surface area contributed by atoms with Gasteiger partial charge < -0.3 is 10.2 Å². The molecule has 0 heterocycles. The van der Waals surface area contributed by atoms with Crippen LogP contribution in [0.15, 0.2) is 78.4 Å². The highest BCUT2D eigenvalue weighted by atomic mass is 15.1. The van der Waals surface area contributed by atoms with Gasteiger partial charge in [-0.2, -0.15) is 0 Å². The van der Waals surface area contributed by atoms with Gasteiger partial charge in [0.25, 0.3) is 0 Å². The van der Waals surface area contributed by atoms with Crippen LogP contribution in [0.25, 0.3) is 5.57 Å². The lowest BCUT2D eigenvalue weighted by Crippen LogP contribution is -2.21. The lowest BCUT2D eigenvalue weighted by Gasteiger charge is -2.22. The van der Waals surface area contributed by atoms with E-state index in [-0.39, 0.29) is 0 Å². The van der Waals surface area contributed by atoms with E-state index in [1.165, 1.54) is 33.7 Å². The van der Waals surface area contributed by atoms with Crippen LogP contribution in [0.4, 0.5) is 11.4 Å². The minimum atomic E-state index is 0.994. The molecule has 0 saturated carbocycles. The standard InChI is InChI=1S/C27H33N3/c1-6-29(5)25-17-11-22(12-18-25)27(21-9-15-24(28-4)16-10-21)23-13-19-26(20-14-23)30(7-2)8-3/h9-20H,6-8H2,1-5H3/p+1. The summed E-state index contributed by atoms with van der Waals surface area (Å²) < 4.78 is 2.25. The molecular weight excluding hydrogens is 366 g/mol. The van der Waals surface area contributed by atoms with Gasteiger partial charge in [-0.3, -0.25) is 0 Å². The molecule has 0 aliphatic heterocycles. The van der Waals surface area contributed by atoms with Gasteiger partial charge in [0.1, 0.15) is 13.6 Å². The summed E-state index contributed by atoms with van der Waals surface area (Å²) >= 11 is 0. The maximum atomic E-state index is 3.21. The Morgan fingerprint density at radius 1 is 0.800 bits per heavy atom. The molecule has 0 atom stereocenters. The van der Waals surface area contributed by atoms with E-state index in [1.54, 1.807) is 0 Å². The van der Waals surface area contributed by atoms with Gasteiger partial charge in [-0.25, -0.2) is 4.58 Å². The summed E-state index contributed by atoms with van der Waals surface area (Å²) in [6, 6.07) is 17.7. The molecule has 1 aliphatic carbocycles. The molecule has 0 radical (unpaired) electrons. The Bertz CT molecular complexity index is 952. The van der Waals surface area contributed by atoms with Crippen molar-refractivity contribution >= 4 is 22.7 Å². The Kier molecular flexibility index (Phi) is 7.29. The maximum absolute atomic E-state index is 3.21. The summed E-state index contributed by atoms with van der Waals surface area (Å²) in [7, 11) is 4.08. The van der Waals surface area contributed by atoms with Gasteiger partial charge >= 0.3 is 0 Å². The topological polar surface area (TPSA) is 18.3 Å². The fourth-order valence-corrected chi connectivity index (χ4v) is 3.80. The minimum Gasteiger partial charge on any atom is -0.388 e. The Labute approximate surface area is 181 Å². The first-order chi connectivity index (χ1) is 14.6. The molecular formula is C27H34N3+. The van der Waals surface area contributed by atoms with Crippen LogP contribution in [-0.4, -0.2) is 44.0 Å². The Hall–Kier alpha value is -3.07. The quantitative estimate of drug-likeness (QED) is 0.609. The third kappa shape index (κ3) is 4.73. The van der Waals surface area contributed by atoms with E-state index in [0.717, 1.165) is 25.3 Å². The van der Waals surface area contributed by atoms with Crippen LogP contribution >= 0.6 is 0 Å². The molecule has 2 aromatic rings. The fourth-order valence-electron chi connectivity index (χ4n) is 3.80. The zero-order valence-electron chi connectivity index (χ0n) is 18.9. The van der Waals surface area contributed by atoms with Gasteiger partial charge in [-0.1, -0.05) is 24.3 Å². The molecule has 0 saturated heterocycles. The summed E-state index contributed by atoms with van der Waals surface area (Å²) in [6.45, 7) is 9.61. The summed E-state index contributed by atoms with van der Waals surface area (Å²) in [5.41, 5.74) is 8.58. The van der Waals surface area contributed by atoms with Crippen LogP contribution in [0.1, 0.15) is 31.9 Å². The van der Waals surface area contributed by atoms with Crippen LogP contribution in [0.3, 0.4) is 0 Å². The molecule has 2 aromatic carbocycles. The average molecular weight is 401 g/mol. The molecule has 3 nitrogen and oxygen atoms in total. The van der Waals surface area contributed by atoms with Crippen LogP contribution < -0.4 is 10.2 Å². The summed E-state index contributed by atoms with van der Waals surface area (Å²) in [6.07, 6.45) is 8.90. The molecule has 0 bridgehead atoms. The second kappa shape index (κ2) is 10.1. The predicted molar refractivity (Wildman–Crippen MR) is 132 cm³/mol. The molecule has 1 N–H and O–H groups in total. The van der Waals surface area contributed by atoms with E-state index in [0.29, 0.717) is 0 Å². The van der Waals surface area contributed by atoms with E-state index in [1.807, 2.05) is 7.05 Å². The van der Waals surface area contributed by atoms with Crippen molar-refractivity contribution in [3.8, 4) is 0 Å². The van der Waals surface area contributed by atoms with Crippen molar-refractivity contribution in [1.82, 2.24) is 0 Å². The SMILES string of the molecule is CCN(CC)c1ccc(C(=C2C=CC(=[N+](C)CC)C=C2)c2ccc(NC)cc2)cc1. The lowest BCUT2D eigenvalue weighted by atomic mass is 9.90. The lowest BCUT2D eigenvalue weighted by molar-refractivity contribution is -0.491. The number of benzene rings is 2. The van der Waals surface area contributed by atoms with Gasteiger partial charge in [-0.15, -0.1) is 0 Å². The first kappa shape index (κ1) is 21.6. The first-order valence-electron chi connectivity index (χ1n) is 10.9. The third-order valence-electron chi connectivity index (χ3n) is 5.82. The molecule has 0 amide bonds. The van der Waals surface area contributed by atoms with E-state index < -0.39 is 0 Å². The van der Waals surface area contributed by atoms with Crippen molar-refractivity contribution in [2.45, 2.75) is 20.8 Å². The second-order valence-corrected chi connectivity index (χ2v) is 7.48. The number of nitrogens with zero attached hydrogens (tertiary/aromatic N) is 2. The van der Waals surface area contributed by atoms with E-state index in [4.69, 9.17) is 0 Å². The molecule has 0 fully saturated rings. The van der Waals surface area contributed by atoms with Gasteiger partial charge in [0.15, 0.2) is 5.71 Å². The largest absolute Gasteiger partial charge is 0.388 e. The van der Waals surface area contributed by atoms with Crippen molar-refractivity contribution in [3.05, 3.63) is 89.5 Å². The van der Waals surface area contributed by atoms with Crippen molar-refractivity contribution in [2.75, 3.05) is 43.9 Å². The molecule has 30 heavy (non-hydrogen) atoms. The van der Waals surface area contributed by atoms with Crippen molar-refractivity contribution in [1.29, 1.82) is 0 Å². The highest BCUT2D eigenvalue weighted by Crippen LogP contribution is 2.31. The molecule has 0 spiro atoms. The van der Waals surface area contributed by atoms with Gasteiger partial charge in [0.2, 0.25) is 0 Å². The van der Waals surface area contributed by atoms with Crippen LogP contribution in [-0.2, 0) is 0 Å². The number of hydrogen-bond donors (Lipinski definition) is 1. The first-order valence-corrected chi connectivity index (χ1v) is 10.9. The van der Waals surface area contributed by atoms with Gasteiger partial charge in [0.05, 0.1) is 0 Å². The minimum absolute atomic E-state index is 0.994. The van der Waals surface area contributed by atoms with Crippen LogP contribution in [0.2, 0.25) is 0 Å². The normalized spacial score (nSPS) is 12.8. The van der Waals surface area contributed by atoms with E-state index in [9.17, 15) is 0 Å². The van der Waals surface area contributed by atoms with Crippen molar-refractivity contribution < 1.29 is 4.58 Å². The van der Waals surface area contributed by atoms with E-state index >= 15 is 0 Å². The monoisotopic (exact) mass is 400 g/mol. The average Bonchev–Trinajstić information content (AvgIpc) is 2.81. The molecule has 156 valence electrons. The highest BCUT2D eigenvalue weighted by molar-refractivity contribution is 6.04. The third-order valence-corrected chi connectivity index (χ3v) is 5.82. The summed E-state index contributed by atoms with van der Waals surface area (Å²) in [5, 5.41) is 3.21. The smallest absolute Gasteiger partial charge is 0.199 e. The maximum Gasteiger partial charge on any atom is 0.199 e. The molecule has 3 heteroatoms. The van der Waals surface area contributed by atoms with Crippen molar-refractivity contribution in [3.63, 3.8) is 0 Å². The summed E-state index contributed by atoms with van der Waals surface area (Å²) in [4.78, 5) is 2.38.